The van der Waals surface area contributed by atoms with Crippen molar-refractivity contribution in [3.05, 3.63) is 12.2 Å². The van der Waals surface area contributed by atoms with Crippen LogP contribution in [-0.4, -0.2) is 5.78 Å². The van der Waals surface area contributed by atoms with Crippen molar-refractivity contribution < 1.29 is 4.79 Å². The van der Waals surface area contributed by atoms with Crippen LogP contribution in [0.25, 0.3) is 0 Å². The van der Waals surface area contributed by atoms with Crippen molar-refractivity contribution >= 4 is 5.78 Å². The summed E-state index contributed by atoms with van der Waals surface area (Å²) in [5.74, 6) is 1.14. The van der Waals surface area contributed by atoms with E-state index in [1.54, 1.807) is 6.92 Å². The number of rotatable bonds is 3. The van der Waals surface area contributed by atoms with Gasteiger partial charge in [-0.1, -0.05) is 31.9 Å². The van der Waals surface area contributed by atoms with Crippen LogP contribution in [0.4, 0.5) is 0 Å². The Morgan fingerprint density at radius 1 is 1.43 bits per heavy atom. The Morgan fingerprint density at radius 3 is 2.86 bits per heavy atom. The molecule has 0 fully saturated rings. The minimum Gasteiger partial charge on any atom is -0.300 e. The first-order valence-corrected chi connectivity index (χ1v) is 5.92. The first-order valence-electron chi connectivity index (χ1n) is 5.92. The van der Waals surface area contributed by atoms with Crippen molar-refractivity contribution in [3.8, 4) is 0 Å². The van der Waals surface area contributed by atoms with Crippen LogP contribution in [0.1, 0.15) is 52.4 Å². The molecule has 0 bridgehead atoms. The molecule has 0 saturated carbocycles. The second kappa shape index (κ2) is 6.00. The fourth-order valence-corrected chi connectivity index (χ4v) is 2.41. The Kier molecular flexibility index (Phi) is 4.92. The molecule has 2 atom stereocenters. The molecular weight excluding hydrogens is 172 g/mol. The largest absolute Gasteiger partial charge is 0.300 e. The highest BCUT2D eigenvalue weighted by atomic mass is 16.1. The molecular formula is C13H22O. The molecule has 1 rings (SSSR count). The van der Waals surface area contributed by atoms with Gasteiger partial charge in [0.2, 0.25) is 0 Å². The van der Waals surface area contributed by atoms with Gasteiger partial charge in [-0.05, 0) is 38.5 Å². The van der Waals surface area contributed by atoms with Crippen LogP contribution in [0.15, 0.2) is 12.2 Å². The summed E-state index contributed by atoms with van der Waals surface area (Å²) in [5.41, 5.74) is 0. The van der Waals surface area contributed by atoms with E-state index in [-0.39, 0.29) is 5.92 Å². The fraction of sp³-hybridized carbons (Fsp3) is 0.769. The minimum absolute atomic E-state index is 0.268. The molecule has 0 radical (unpaired) electrons. The summed E-state index contributed by atoms with van der Waals surface area (Å²) in [4.78, 5) is 11.4. The molecule has 0 aromatic heterocycles. The molecule has 0 saturated heterocycles. The first-order chi connectivity index (χ1) is 6.75. The Labute approximate surface area is 87.6 Å². The van der Waals surface area contributed by atoms with Crippen molar-refractivity contribution in [2.45, 2.75) is 52.4 Å². The maximum Gasteiger partial charge on any atom is 0.133 e. The summed E-state index contributed by atoms with van der Waals surface area (Å²) < 4.78 is 0. The van der Waals surface area contributed by atoms with Gasteiger partial charge in [0.1, 0.15) is 5.78 Å². The molecule has 0 aromatic carbocycles. The highest BCUT2D eigenvalue weighted by Crippen LogP contribution is 2.26. The van der Waals surface area contributed by atoms with Crippen LogP contribution < -0.4 is 0 Å². The van der Waals surface area contributed by atoms with Gasteiger partial charge in [0.05, 0.1) is 0 Å². The summed E-state index contributed by atoms with van der Waals surface area (Å²) >= 11 is 0. The Hall–Kier alpha value is -0.590. The van der Waals surface area contributed by atoms with E-state index in [4.69, 9.17) is 0 Å². The predicted molar refractivity (Wildman–Crippen MR) is 60.2 cm³/mol. The lowest BCUT2D eigenvalue weighted by Crippen LogP contribution is -2.20. The van der Waals surface area contributed by atoms with Crippen LogP contribution in [0, 0.1) is 11.8 Å². The number of carbonyl (C=O) groups is 1. The van der Waals surface area contributed by atoms with E-state index in [0.29, 0.717) is 11.7 Å². The summed E-state index contributed by atoms with van der Waals surface area (Å²) in [6.45, 7) is 3.86. The first kappa shape index (κ1) is 11.5. The van der Waals surface area contributed by atoms with Crippen molar-refractivity contribution in [1.82, 2.24) is 0 Å². The normalized spacial score (nSPS) is 27.4. The van der Waals surface area contributed by atoms with Gasteiger partial charge >= 0.3 is 0 Å². The predicted octanol–water partition coefficient (Wildman–Crippen LogP) is 3.74. The van der Waals surface area contributed by atoms with Crippen LogP contribution in [-0.2, 0) is 4.79 Å². The molecule has 0 aliphatic heterocycles. The van der Waals surface area contributed by atoms with E-state index in [1.165, 1.54) is 32.1 Å². The zero-order valence-electron chi connectivity index (χ0n) is 9.46. The maximum absolute atomic E-state index is 11.4. The molecule has 14 heavy (non-hydrogen) atoms. The van der Waals surface area contributed by atoms with Crippen LogP contribution in [0.2, 0.25) is 0 Å². The van der Waals surface area contributed by atoms with Gasteiger partial charge in [0.25, 0.3) is 0 Å². The van der Waals surface area contributed by atoms with E-state index in [0.717, 1.165) is 6.42 Å². The minimum atomic E-state index is 0.268. The quantitative estimate of drug-likeness (QED) is 0.625. The van der Waals surface area contributed by atoms with Crippen LogP contribution in [0.5, 0.6) is 0 Å². The second-order valence-electron chi connectivity index (χ2n) is 4.36. The van der Waals surface area contributed by atoms with Gasteiger partial charge in [0, 0.05) is 5.92 Å². The molecule has 0 spiro atoms. The van der Waals surface area contributed by atoms with Gasteiger partial charge in [-0.25, -0.2) is 0 Å². The smallest absolute Gasteiger partial charge is 0.133 e. The lowest BCUT2D eigenvalue weighted by atomic mass is 9.82. The van der Waals surface area contributed by atoms with Gasteiger partial charge in [-0.3, -0.25) is 4.79 Å². The highest BCUT2D eigenvalue weighted by Gasteiger charge is 2.21. The van der Waals surface area contributed by atoms with E-state index in [9.17, 15) is 4.79 Å². The standard InChI is InChI=1S/C13H22O/c1-3-13(11(2)14)12-9-7-5-4-6-8-10-12/h7,9,12-13H,3-6,8,10H2,1-2H3/b9-7-. The molecule has 1 aliphatic rings. The van der Waals surface area contributed by atoms with Crippen LogP contribution >= 0.6 is 0 Å². The molecule has 1 heteroatoms. The molecule has 0 amide bonds. The summed E-state index contributed by atoms with van der Waals surface area (Å²) in [7, 11) is 0. The summed E-state index contributed by atoms with van der Waals surface area (Å²) in [6.07, 6.45) is 11.9. The number of allylic oxidation sites excluding steroid dienone is 2. The monoisotopic (exact) mass is 194 g/mol. The Bertz CT molecular complexity index is 205. The summed E-state index contributed by atoms with van der Waals surface area (Å²) in [5, 5.41) is 0. The number of hydrogen-bond acceptors (Lipinski definition) is 1. The second-order valence-corrected chi connectivity index (χ2v) is 4.36. The molecule has 80 valence electrons. The van der Waals surface area contributed by atoms with Gasteiger partial charge in [-0.2, -0.15) is 0 Å². The van der Waals surface area contributed by atoms with Gasteiger partial charge in [-0.15, -0.1) is 0 Å². The molecule has 0 aromatic rings. The number of ketones is 1. The van der Waals surface area contributed by atoms with Gasteiger partial charge in [0.15, 0.2) is 0 Å². The van der Waals surface area contributed by atoms with E-state index in [2.05, 4.69) is 19.1 Å². The van der Waals surface area contributed by atoms with Gasteiger partial charge < -0.3 is 0 Å². The Balaban J connectivity index is 2.61. The van der Waals surface area contributed by atoms with Crippen molar-refractivity contribution in [1.29, 1.82) is 0 Å². The third-order valence-electron chi connectivity index (χ3n) is 3.27. The highest BCUT2D eigenvalue weighted by molar-refractivity contribution is 5.78. The van der Waals surface area contributed by atoms with Crippen molar-refractivity contribution in [2.24, 2.45) is 11.8 Å². The van der Waals surface area contributed by atoms with Crippen LogP contribution in [0.3, 0.4) is 0 Å². The lowest BCUT2D eigenvalue weighted by Gasteiger charge is -2.22. The maximum atomic E-state index is 11.4. The van der Waals surface area contributed by atoms with E-state index >= 15 is 0 Å². The third kappa shape index (κ3) is 3.28. The number of hydrogen-bond donors (Lipinski definition) is 0. The van der Waals surface area contributed by atoms with E-state index in [1.807, 2.05) is 0 Å². The fourth-order valence-electron chi connectivity index (χ4n) is 2.41. The zero-order valence-corrected chi connectivity index (χ0v) is 9.46. The van der Waals surface area contributed by atoms with Crippen molar-refractivity contribution in [3.63, 3.8) is 0 Å². The molecule has 1 aliphatic carbocycles. The number of carbonyl (C=O) groups excluding carboxylic acids is 1. The molecule has 0 heterocycles. The summed E-state index contributed by atoms with van der Waals surface area (Å²) in [6, 6.07) is 0. The zero-order chi connectivity index (χ0) is 10.4. The third-order valence-corrected chi connectivity index (χ3v) is 3.27. The molecule has 2 unspecified atom stereocenters. The Morgan fingerprint density at radius 2 is 2.21 bits per heavy atom. The van der Waals surface area contributed by atoms with E-state index < -0.39 is 0 Å². The average Bonchev–Trinajstić information content (AvgIpc) is 2.08. The SMILES string of the molecule is CCC(C(C)=O)C1/C=C\CCCCC1. The number of Topliss-reactive ketones (excluding diaryl/α,β-unsaturated/α-hetero) is 1. The topological polar surface area (TPSA) is 17.1 Å². The van der Waals surface area contributed by atoms with Crippen molar-refractivity contribution in [2.75, 3.05) is 0 Å². The average molecular weight is 194 g/mol. The molecule has 1 nitrogen and oxygen atoms in total. The lowest BCUT2D eigenvalue weighted by molar-refractivity contribution is -0.122. The molecule has 0 N–H and O–H groups in total.